The summed E-state index contributed by atoms with van der Waals surface area (Å²) in [7, 11) is 0. The Bertz CT molecular complexity index is 394. The first-order valence-electron chi connectivity index (χ1n) is 5.38. The summed E-state index contributed by atoms with van der Waals surface area (Å²) in [4.78, 5) is 3.66. The second-order valence-corrected chi connectivity index (χ2v) is 3.88. The Labute approximate surface area is 103 Å². The average molecular weight is 264 g/mol. The van der Waals surface area contributed by atoms with Crippen molar-refractivity contribution in [2.45, 2.75) is 26.1 Å². The Balaban J connectivity index is 2.63. The van der Waals surface area contributed by atoms with E-state index in [9.17, 15) is 13.2 Å². The second-order valence-electron chi connectivity index (χ2n) is 3.88. The number of nitrogens with two attached hydrogens (primary N) is 1. The van der Waals surface area contributed by atoms with Crippen LogP contribution in [-0.4, -0.2) is 24.3 Å². The van der Waals surface area contributed by atoms with Gasteiger partial charge in [0.15, 0.2) is 0 Å². The Kier molecular flexibility index (Phi) is 4.77. The van der Waals surface area contributed by atoms with Crippen molar-refractivity contribution in [3.8, 4) is 5.88 Å². The molecule has 0 aliphatic rings. The molecule has 2 N–H and O–H groups in total. The largest absolute Gasteiger partial charge is 0.475 e. The highest BCUT2D eigenvalue weighted by atomic mass is 19.4. The Morgan fingerprint density at radius 1 is 1.28 bits per heavy atom. The standard InChI is InChI=1S/C11H15F3N2O2/c1-7(2)17-3-4-18-10-6-8(11(12,13)14)5-9(15)16-10/h5-7H,3-4H2,1-2H3,(H2,15,16). The molecule has 1 heterocycles. The molecule has 0 atom stereocenters. The molecular weight excluding hydrogens is 249 g/mol. The molecule has 0 bridgehead atoms. The first kappa shape index (κ1) is 14.6. The van der Waals surface area contributed by atoms with Crippen molar-refractivity contribution in [1.29, 1.82) is 0 Å². The molecule has 0 amide bonds. The van der Waals surface area contributed by atoms with Crippen LogP contribution in [0.15, 0.2) is 12.1 Å². The van der Waals surface area contributed by atoms with Crippen LogP contribution in [0.25, 0.3) is 0 Å². The number of aromatic nitrogens is 1. The minimum atomic E-state index is -4.47. The lowest BCUT2D eigenvalue weighted by molar-refractivity contribution is -0.137. The van der Waals surface area contributed by atoms with Crippen LogP contribution in [-0.2, 0) is 10.9 Å². The van der Waals surface area contributed by atoms with Gasteiger partial charge in [-0.05, 0) is 19.9 Å². The van der Waals surface area contributed by atoms with Crippen LogP contribution in [0.5, 0.6) is 5.88 Å². The van der Waals surface area contributed by atoms with Gasteiger partial charge in [-0.25, -0.2) is 0 Å². The average Bonchev–Trinajstić information content (AvgIpc) is 2.22. The molecule has 0 fully saturated rings. The summed E-state index contributed by atoms with van der Waals surface area (Å²) in [5.74, 6) is -0.390. The van der Waals surface area contributed by atoms with E-state index < -0.39 is 11.7 Å². The summed E-state index contributed by atoms with van der Waals surface area (Å²) >= 11 is 0. The van der Waals surface area contributed by atoms with E-state index in [1.165, 1.54) is 0 Å². The van der Waals surface area contributed by atoms with Crippen molar-refractivity contribution in [3.63, 3.8) is 0 Å². The summed E-state index contributed by atoms with van der Waals surface area (Å²) < 4.78 is 47.7. The lowest BCUT2D eigenvalue weighted by Crippen LogP contribution is -2.13. The molecule has 0 saturated carbocycles. The fourth-order valence-corrected chi connectivity index (χ4v) is 1.19. The van der Waals surface area contributed by atoms with E-state index in [4.69, 9.17) is 15.2 Å². The van der Waals surface area contributed by atoms with Crippen LogP contribution < -0.4 is 10.5 Å². The molecule has 1 rings (SSSR count). The SMILES string of the molecule is CC(C)OCCOc1cc(C(F)(F)F)cc(N)n1. The fourth-order valence-electron chi connectivity index (χ4n) is 1.19. The van der Waals surface area contributed by atoms with Gasteiger partial charge in [-0.1, -0.05) is 0 Å². The van der Waals surface area contributed by atoms with Gasteiger partial charge in [0.25, 0.3) is 0 Å². The molecule has 18 heavy (non-hydrogen) atoms. The molecule has 0 spiro atoms. The van der Waals surface area contributed by atoms with Gasteiger partial charge in [-0.3, -0.25) is 0 Å². The van der Waals surface area contributed by atoms with Crippen molar-refractivity contribution in [2.75, 3.05) is 18.9 Å². The molecule has 4 nitrogen and oxygen atoms in total. The first-order valence-corrected chi connectivity index (χ1v) is 5.38. The number of nitrogen functional groups attached to an aromatic ring is 1. The van der Waals surface area contributed by atoms with Crippen LogP contribution in [0, 0.1) is 0 Å². The van der Waals surface area contributed by atoms with Crippen molar-refractivity contribution < 1.29 is 22.6 Å². The number of rotatable bonds is 5. The molecule has 1 aromatic heterocycles. The topological polar surface area (TPSA) is 57.4 Å². The predicted molar refractivity (Wildman–Crippen MR) is 60.2 cm³/mol. The molecule has 0 aliphatic heterocycles. The normalized spacial score (nSPS) is 11.9. The van der Waals surface area contributed by atoms with Crippen molar-refractivity contribution in [2.24, 2.45) is 0 Å². The van der Waals surface area contributed by atoms with Crippen LogP contribution in [0.4, 0.5) is 19.0 Å². The molecule has 0 aromatic carbocycles. The first-order chi connectivity index (χ1) is 8.29. The quantitative estimate of drug-likeness (QED) is 0.830. The third kappa shape index (κ3) is 4.79. The van der Waals surface area contributed by atoms with Gasteiger partial charge in [0.2, 0.25) is 5.88 Å². The van der Waals surface area contributed by atoms with E-state index in [0.29, 0.717) is 0 Å². The maximum absolute atomic E-state index is 12.5. The summed E-state index contributed by atoms with van der Waals surface area (Å²) in [6.07, 6.45) is -4.43. The number of nitrogens with zero attached hydrogens (tertiary/aromatic N) is 1. The number of halogens is 3. The van der Waals surface area contributed by atoms with Gasteiger partial charge in [0.05, 0.1) is 18.3 Å². The van der Waals surface area contributed by atoms with E-state index in [1.54, 1.807) is 0 Å². The summed E-state index contributed by atoms with van der Waals surface area (Å²) in [5, 5.41) is 0. The van der Waals surface area contributed by atoms with Gasteiger partial charge < -0.3 is 15.2 Å². The molecule has 0 unspecified atom stereocenters. The van der Waals surface area contributed by atoms with E-state index >= 15 is 0 Å². The second kappa shape index (κ2) is 5.90. The van der Waals surface area contributed by atoms with Crippen LogP contribution in [0.2, 0.25) is 0 Å². The van der Waals surface area contributed by atoms with E-state index in [-0.39, 0.29) is 31.0 Å². The minimum absolute atomic E-state index is 0.0353. The highest BCUT2D eigenvalue weighted by Gasteiger charge is 2.31. The maximum Gasteiger partial charge on any atom is 0.416 e. The number of alkyl halides is 3. The third-order valence-corrected chi connectivity index (χ3v) is 1.93. The van der Waals surface area contributed by atoms with Crippen LogP contribution in [0.1, 0.15) is 19.4 Å². The summed E-state index contributed by atoms with van der Waals surface area (Å²) in [6, 6.07) is 1.57. The molecule has 102 valence electrons. The molecule has 0 radical (unpaired) electrons. The minimum Gasteiger partial charge on any atom is -0.475 e. The van der Waals surface area contributed by atoms with Crippen LogP contribution in [0.3, 0.4) is 0 Å². The molecular formula is C11H15F3N2O2. The van der Waals surface area contributed by atoms with Gasteiger partial charge in [-0.2, -0.15) is 18.2 Å². The molecule has 0 aliphatic carbocycles. The molecule has 7 heteroatoms. The van der Waals surface area contributed by atoms with E-state index in [2.05, 4.69) is 4.98 Å². The zero-order valence-electron chi connectivity index (χ0n) is 10.1. The number of hydrogen-bond donors (Lipinski definition) is 1. The molecule has 1 aromatic rings. The summed E-state index contributed by atoms with van der Waals surface area (Å²) in [6.45, 7) is 4.09. The van der Waals surface area contributed by atoms with E-state index in [1.807, 2.05) is 13.8 Å². The van der Waals surface area contributed by atoms with Gasteiger partial charge in [-0.15, -0.1) is 0 Å². The lowest BCUT2D eigenvalue weighted by atomic mass is 10.2. The van der Waals surface area contributed by atoms with Crippen molar-refractivity contribution in [1.82, 2.24) is 4.98 Å². The zero-order chi connectivity index (χ0) is 13.8. The lowest BCUT2D eigenvalue weighted by Gasteiger charge is -2.11. The maximum atomic E-state index is 12.5. The highest BCUT2D eigenvalue weighted by molar-refractivity contribution is 5.38. The highest BCUT2D eigenvalue weighted by Crippen LogP contribution is 2.31. The number of hydrogen-bond acceptors (Lipinski definition) is 4. The third-order valence-electron chi connectivity index (χ3n) is 1.93. The van der Waals surface area contributed by atoms with Gasteiger partial charge >= 0.3 is 6.18 Å². The van der Waals surface area contributed by atoms with Crippen molar-refractivity contribution >= 4 is 5.82 Å². The Morgan fingerprint density at radius 3 is 2.50 bits per heavy atom. The van der Waals surface area contributed by atoms with E-state index in [0.717, 1.165) is 12.1 Å². The summed E-state index contributed by atoms with van der Waals surface area (Å²) in [5.41, 5.74) is 4.41. The fraction of sp³-hybridized carbons (Fsp3) is 0.545. The number of ether oxygens (including phenoxy) is 2. The monoisotopic (exact) mass is 264 g/mol. The number of anilines is 1. The number of pyridine rings is 1. The predicted octanol–water partition coefficient (Wildman–Crippen LogP) is 2.49. The van der Waals surface area contributed by atoms with Crippen LogP contribution >= 0.6 is 0 Å². The Hall–Kier alpha value is -1.50. The molecule has 0 saturated heterocycles. The smallest absolute Gasteiger partial charge is 0.416 e. The van der Waals surface area contributed by atoms with Crippen molar-refractivity contribution in [3.05, 3.63) is 17.7 Å². The van der Waals surface area contributed by atoms with Gasteiger partial charge in [0, 0.05) is 6.07 Å². The van der Waals surface area contributed by atoms with Gasteiger partial charge in [0.1, 0.15) is 12.4 Å². The Morgan fingerprint density at radius 2 is 1.94 bits per heavy atom. The zero-order valence-corrected chi connectivity index (χ0v) is 10.1.